The summed E-state index contributed by atoms with van der Waals surface area (Å²) in [6.07, 6.45) is -3.73. The Morgan fingerprint density at radius 2 is 1.71 bits per heavy atom. The molecular weight excluding hydrogens is 564 g/mol. The zero-order valence-electron chi connectivity index (χ0n) is 22.8. The van der Waals surface area contributed by atoms with Gasteiger partial charge in [0, 0.05) is 48.1 Å². The fourth-order valence-corrected chi connectivity index (χ4v) is 5.15. The molecule has 0 radical (unpaired) electrons. The van der Waals surface area contributed by atoms with E-state index >= 15 is 0 Å². The van der Waals surface area contributed by atoms with Crippen LogP contribution >= 0.6 is 0 Å². The van der Waals surface area contributed by atoms with Gasteiger partial charge in [0.1, 0.15) is 11.3 Å². The van der Waals surface area contributed by atoms with Gasteiger partial charge in [-0.15, -0.1) is 0 Å². The van der Waals surface area contributed by atoms with E-state index in [1.165, 1.54) is 18.9 Å². The molecule has 0 bridgehead atoms. The summed E-state index contributed by atoms with van der Waals surface area (Å²) in [6.45, 7) is 7.40. The highest BCUT2D eigenvalue weighted by molar-refractivity contribution is 6.00. The third kappa shape index (κ3) is 5.03. The van der Waals surface area contributed by atoms with Crippen molar-refractivity contribution in [2.24, 2.45) is 0 Å². The SMILES string of the molecule is C=C(c1cc(F)c(F)c(F)c1)N1CCN(C(=O)c2cnn3c(C(F)(F)F)c(C)c(-c4ccc(OC)cc4)nc23)[C@H](C)C1. The van der Waals surface area contributed by atoms with Gasteiger partial charge in [-0.05, 0) is 50.2 Å². The van der Waals surface area contributed by atoms with E-state index in [4.69, 9.17) is 4.74 Å². The van der Waals surface area contributed by atoms with E-state index in [0.717, 1.165) is 18.3 Å². The maximum atomic E-state index is 14.3. The van der Waals surface area contributed by atoms with Crippen molar-refractivity contribution >= 4 is 17.3 Å². The van der Waals surface area contributed by atoms with E-state index in [0.29, 0.717) is 15.8 Å². The number of nitrogens with zero attached hydrogens (tertiary/aromatic N) is 5. The van der Waals surface area contributed by atoms with E-state index in [1.807, 2.05) is 0 Å². The van der Waals surface area contributed by atoms with Gasteiger partial charge in [0.25, 0.3) is 5.91 Å². The summed E-state index contributed by atoms with van der Waals surface area (Å²) in [5.74, 6) is -4.35. The topological polar surface area (TPSA) is 63.0 Å². The van der Waals surface area contributed by atoms with Crippen LogP contribution in [0.25, 0.3) is 22.6 Å². The summed E-state index contributed by atoms with van der Waals surface area (Å²) in [6, 6.07) is 7.55. The zero-order valence-corrected chi connectivity index (χ0v) is 22.8. The van der Waals surface area contributed by atoms with Crippen LogP contribution in [0, 0.1) is 24.4 Å². The highest BCUT2D eigenvalue weighted by atomic mass is 19.4. The Morgan fingerprint density at radius 1 is 1.07 bits per heavy atom. The average molecular weight is 590 g/mol. The highest BCUT2D eigenvalue weighted by Gasteiger charge is 2.39. The second-order valence-corrected chi connectivity index (χ2v) is 9.95. The van der Waals surface area contributed by atoms with Crippen molar-refractivity contribution in [1.82, 2.24) is 24.4 Å². The predicted molar refractivity (Wildman–Crippen MR) is 142 cm³/mol. The maximum absolute atomic E-state index is 14.3. The summed E-state index contributed by atoms with van der Waals surface area (Å²) in [4.78, 5) is 21.3. The van der Waals surface area contributed by atoms with Crippen LogP contribution in [0.3, 0.4) is 0 Å². The van der Waals surface area contributed by atoms with Gasteiger partial charge < -0.3 is 14.5 Å². The van der Waals surface area contributed by atoms with E-state index in [9.17, 15) is 31.1 Å². The van der Waals surface area contributed by atoms with Crippen LogP contribution in [0.2, 0.25) is 0 Å². The molecule has 1 aliphatic rings. The number of piperazine rings is 1. The number of aromatic nitrogens is 3. The van der Waals surface area contributed by atoms with E-state index < -0.39 is 41.3 Å². The lowest BCUT2D eigenvalue weighted by atomic mass is 10.0. The number of hydrogen-bond acceptors (Lipinski definition) is 5. The third-order valence-electron chi connectivity index (χ3n) is 7.33. The van der Waals surface area contributed by atoms with Gasteiger partial charge in [0.2, 0.25) is 0 Å². The lowest BCUT2D eigenvalue weighted by Crippen LogP contribution is -2.53. The Morgan fingerprint density at radius 3 is 2.29 bits per heavy atom. The van der Waals surface area contributed by atoms with Crippen LogP contribution < -0.4 is 4.74 Å². The molecule has 1 aliphatic heterocycles. The van der Waals surface area contributed by atoms with Crippen molar-refractivity contribution in [3.63, 3.8) is 0 Å². The molecule has 1 atom stereocenters. The molecule has 0 N–H and O–H groups in total. The van der Waals surface area contributed by atoms with E-state index in [1.54, 1.807) is 36.1 Å². The van der Waals surface area contributed by atoms with Crippen molar-refractivity contribution in [2.75, 3.05) is 26.7 Å². The second kappa shape index (κ2) is 10.7. The van der Waals surface area contributed by atoms with Crippen molar-refractivity contribution in [2.45, 2.75) is 26.1 Å². The predicted octanol–water partition coefficient (Wildman–Crippen LogP) is 5.97. The molecular formula is C29H25F6N5O2. The number of halogens is 6. The fraction of sp³-hybridized carbons (Fsp3) is 0.276. The summed E-state index contributed by atoms with van der Waals surface area (Å²) in [7, 11) is 1.47. The number of carbonyl (C=O) groups is 1. The van der Waals surface area contributed by atoms with Crippen LogP contribution in [0.5, 0.6) is 5.75 Å². The van der Waals surface area contributed by atoms with Crippen LogP contribution in [-0.2, 0) is 6.18 Å². The molecule has 0 aliphatic carbocycles. The first-order valence-corrected chi connectivity index (χ1v) is 12.8. The van der Waals surface area contributed by atoms with Gasteiger partial charge >= 0.3 is 6.18 Å². The lowest BCUT2D eigenvalue weighted by molar-refractivity contribution is -0.143. The van der Waals surface area contributed by atoms with Gasteiger partial charge in [0.05, 0.1) is 19.0 Å². The summed E-state index contributed by atoms with van der Waals surface area (Å²) < 4.78 is 89.5. The number of fused-ring (bicyclic) bond motifs is 1. The number of benzene rings is 2. The van der Waals surface area contributed by atoms with Gasteiger partial charge in [-0.2, -0.15) is 18.3 Å². The standard InChI is InChI=1S/C29H25F6N5O2/c1-15-14-38(17(3)19-11-22(30)24(32)23(31)12-19)9-10-39(15)28(41)21-13-36-40-26(29(33,34)35)16(2)25(37-27(21)40)18-5-7-20(42-4)8-6-18/h5-8,11-13,15H,3,9-10,14H2,1-2,4H3/t15-/m1/s1. The number of carbonyl (C=O) groups excluding carboxylic acids is 1. The van der Waals surface area contributed by atoms with Gasteiger partial charge in [-0.3, -0.25) is 4.79 Å². The molecule has 2 aromatic carbocycles. The van der Waals surface area contributed by atoms with Crippen LogP contribution in [0.4, 0.5) is 26.3 Å². The Bertz CT molecular complexity index is 1680. The minimum absolute atomic E-state index is 0.0416. The van der Waals surface area contributed by atoms with Crippen LogP contribution in [-0.4, -0.2) is 63.1 Å². The number of methoxy groups -OCH3 is 1. The molecule has 220 valence electrons. The smallest absolute Gasteiger partial charge is 0.433 e. The quantitative estimate of drug-likeness (QED) is 0.212. The molecule has 0 saturated carbocycles. The van der Waals surface area contributed by atoms with Gasteiger partial charge in [0.15, 0.2) is 28.8 Å². The van der Waals surface area contributed by atoms with Crippen molar-refractivity contribution < 1.29 is 35.9 Å². The molecule has 7 nitrogen and oxygen atoms in total. The number of rotatable bonds is 5. The van der Waals surface area contributed by atoms with Crippen molar-refractivity contribution in [3.05, 3.63) is 89.0 Å². The monoisotopic (exact) mass is 589 g/mol. The Labute approximate surface area is 236 Å². The summed E-state index contributed by atoms with van der Waals surface area (Å²) in [5, 5.41) is 3.90. The molecule has 4 aromatic rings. The number of amides is 1. The second-order valence-electron chi connectivity index (χ2n) is 9.95. The van der Waals surface area contributed by atoms with Crippen LogP contribution in [0.15, 0.2) is 49.2 Å². The molecule has 3 heterocycles. The van der Waals surface area contributed by atoms with Gasteiger partial charge in [-0.1, -0.05) is 6.58 Å². The van der Waals surface area contributed by atoms with E-state index in [-0.39, 0.29) is 53.4 Å². The molecule has 13 heteroatoms. The fourth-order valence-electron chi connectivity index (χ4n) is 5.15. The molecule has 5 rings (SSSR count). The third-order valence-corrected chi connectivity index (χ3v) is 7.33. The molecule has 2 aromatic heterocycles. The van der Waals surface area contributed by atoms with Gasteiger partial charge in [-0.25, -0.2) is 22.7 Å². The Hall–Kier alpha value is -4.55. The number of hydrogen-bond donors (Lipinski definition) is 0. The first-order chi connectivity index (χ1) is 19.8. The first-order valence-electron chi connectivity index (χ1n) is 12.8. The van der Waals surface area contributed by atoms with Crippen molar-refractivity contribution in [3.8, 4) is 17.0 Å². The van der Waals surface area contributed by atoms with E-state index in [2.05, 4.69) is 16.7 Å². The molecule has 1 amide bonds. The molecule has 42 heavy (non-hydrogen) atoms. The average Bonchev–Trinajstić information content (AvgIpc) is 3.37. The van der Waals surface area contributed by atoms with Crippen LogP contribution in [0.1, 0.15) is 34.1 Å². The number of ether oxygens (including phenoxy) is 1. The van der Waals surface area contributed by atoms with Crippen molar-refractivity contribution in [1.29, 1.82) is 0 Å². The number of alkyl halides is 3. The molecule has 0 spiro atoms. The lowest BCUT2D eigenvalue weighted by Gasteiger charge is -2.41. The zero-order chi connectivity index (χ0) is 30.5. The normalized spacial score (nSPS) is 15.8. The Kier molecular flexibility index (Phi) is 7.37. The summed E-state index contributed by atoms with van der Waals surface area (Å²) >= 11 is 0. The highest BCUT2D eigenvalue weighted by Crippen LogP contribution is 2.37. The minimum atomic E-state index is -4.79. The Balaban J connectivity index is 1.47. The largest absolute Gasteiger partial charge is 0.497 e. The minimum Gasteiger partial charge on any atom is -0.497 e. The molecule has 1 fully saturated rings. The molecule has 1 saturated heterocycles. The first kappa shape index (κ1) is 29.0. The summed E-state index contributed by atoms with van der Waals surface area (Å²) in [5.41, 5.74) is -0.848. The maximum Gasteiger partial charge on any atom is 0.433 e. The molecule has 0 unspecified atom stereocenters.